The second-order valence-electron chi connectivity index (χ2n) is 12.4. The molecule has 37 heavy (non-hydrogen) atoms. The van der Waals surface area contributed by atoms with E-state index in [1.807, 2.05) is 0 Å². The van der Waals surface area contributed by atoms with E-state index in [1.54, 1.807) is 0 Å². The van der Waals surface area contributed by atoms with Crippen molar-refractivity contribution in [3.8, 4) is 0 Å². The molecular weight excluding hydrogens is 456 g/mol. The number of hydrogen-bond acceptors (Lipinski definition) is 4. The molecule has 0 aromatic heterocycles. The molecule has 0 saturated heterocycles. The molecule has 0 aromatic rings. The minimum absolute atomic E-state index is 0.0317. The fourth-order valence-electron chi connectivity index (χ4n) is 5.58. The van der Waals surface area contributed by atoms with Crippen molar-refractivity contribution in [1.29, 1.82) is 0 Å². The van der Waals surface area contributed by atoms with Gasteiger partial charge in [-0.2, -0.15) is 0 Å². The molecule has 0 bridgehead atoms. The maximum atomic E-state index is 6.30. The lowest BCUT2D eigenvalue weighted by Crippen LogP contribution is -2.48. The molecule has 0 aromatic carbocycles. The Morgan fingerprint density at radius 1 is 0.405 bits per heavy atom. The van der Waals surface area contributed by atoms with Crippen LogP contribution in [-0.2, 0) is 9.47 Å². The Balaban J connectivity index is 4.11. The van der Waals surface area contributed by atoms with Crippen molar-refractivity contribution in [2.24, 2.45) is 5.41 Å². The van der Waals surface area contributed by atoms with Crippen LogP contribution in [0.2, 0.25) is 0 Å². The van der Waals surface area contributed by atoms with E-state index in [4.69, 9.17) is 9.47 Å². The molecule has 0 aliphatic carbocycles. The predicted octanol–water partition coefficient (Wildman–Crippen LogP) is 8.97. The van der Waals surface area contributed by atoms with Crippen LogP contribution in [-0.4, -0.2) is 77.5 Å². The summed E-state index contributed by atoms with van der Waals surface area (Å²) in [6, 6.07) is 0. The third-order valence-electron chi connectivity index (χ3n) is 7.40. The molecule has 0 unspecified atom stereocenters. The summed E-state index contributed by atoms with van der Waals surface area (Å²) in [6.07, 6.45) is 27.4. The van der Waals surface area contributed by atoms with Crippen LogP contribution >= 0.6 is 0 Å². The monoisotopic (exact) mass is 527 g/mol. The standard InChI is InChI=1S/C33H70N2O2/c1-7-9-11-13-15-17-19-21-23-25-27-36-31-33(29-34(3)4,30-35(5)6)32-37-28-26-24-22-20-18-16-14-12-10-8-2/h7-32H2,1-6H3. The van der Waals surface area contributed by atoms with Crippen LogP contribution in [0.5, 0.6) is 0 Å². The Hall–Kier alpha value is -0.160. The van der Waals surface area contributed by atoms with Gasteiger partial charge in [0.25, 0.3) is 0 Å². The fourth-order valence-corrected chi connectivity index (χ4v) is 5.58. The average molecular weight is 527 g/mol. The lowest BCUT2D eigenvalue weighted by Gasteiger charge is -2.38. The van der Waals surface area contributed by atoms with Crippen molar-refractivity contribution >= 4 is 0 Å². The second-order valence-corrected chi connectivity index (χ2v) is 12.4. The van der Waals surface area contributed by atoms with Crippen molar-refractivity contribution in [3.63, 3.8) is 0 Å². The molecule has 0 amide bonds. The summed E-state index contributed by atoms with van der Waals surface area (Å²) in [4.78, 5) is 4.61. The van der Waals surface area contributed by atoms with Gasteiger partial charge >= 0.3 is 0 Å². The van der Waals surface area contributed by atoms with Gasteiger partial charge in [0.05, 0.1) is 13.2 Å². The van der Waals surface area contributed by atoms with Crippen molar-refractivity contribution < 1.29 is 9.47 Å². The minimum Gasteiger partial charge on any atom is -0.381 e. The van der Waals surface area contributed by atoms with E-state index < -0.39 is 0 Å². The highest BCUT2D eigenvalue weighted by molar-refractivity contribution is 4.84. The van der Waals surface area contributed by atoms with Gasteiger partial charge in [0.15, 0.2) is 0 Å². The van der Waals surface area contributed by atoms with Crippen LogP contribution in [0, 0.1) is 5.41 Å². The van der Waals surface area contributed by atoms with Gasteiger partial charge in [-0.1, -0.05) is 129 Å². The van der Waals surface area contributed by atoms with Crippen LogP contribution in [0.1, 0.15) is 142 Å². The van der Waals surface area contributed by atoms with Gasteiger partial charge in [0.1, 0.15) is 0 Å². The zero-order valence-corrected chi connectivity index (χ0v) is 26.6. The smallest absolute Gasteiger partial charge is 0.0569 e. The van der Waals surface area contributed by atoms with Crippen LogP contribution in [0.4, 0.5) is 0 Å². The van der Waals surface area contributed by atoms with Gasteiger partial charge in [0, 0.05) is 31.7 Å². The molecule has 4 heteroatoms. The topological polar surface area (TPSA) is 24.9 Å². The predicted molar refractivity (Wildman–Crippen MR) is 165 cm³/mol. The normalized spacial score (nSPS) is 12.3. The third-order valence-corrected chi connectivity index (χ3v) is 7.40. The first-order valence-electron chi connectivity index (χ1n) is 16.4. The van der Waals surface area contributed by atoms with Gasteiger partial charge in [-0.25, -0.2) is 0 Å². The van der Waals surface area contributed by atoms with E-state index in [2.05, 4.69) is 51.8 Å². The zero-order chi connectivity index (χ0) is 27.5. The summed E-state index contributed by atoms with van der Waals surface area (Å²) < 4.78 is 12.6. The molecule has 0 fully saturated rings. The van der Waals surface area contributed by atoms with Crippen LogP contribution in [0.3, 0.4) is 0 Å². The molecule has 0 N–H and O–H groups in total. The Morgan fingerprint density at radius 3 is 0.946 bits per heavy atom. The molecule has 0 saturated carbocycles. The summed E-state index contributed by atoms with van der Waals surface area (Å²) in [5, 5.41) is 0. The largest absolute Gasteiger partial charge is 0.381 e. The number of hydrogen-bond donors (Lipinski definition) is 0. The van der Waals surface area contributed by atoms with Gasteiger partial charge < -0.3 is 19.3 Å². The zero-order valence-electron chi connectivity index (χ0n) is 26.6. The van der Waals surface area contributed by atoms with Crippen LogP contribution in [0.15, 0.2) is 0 Å². The molecule has 4 nitrogen and oxygen atoms in total. The maximum absolute atomic E-state index is 6.30. The summed E-state index contributed by atoms with van der Waals surface area (Å²) in [5.74, 6) is 0. The Labute approximate surface area is 234 Å². The average Bonchev–Trinajstić information content (AvgIpc) is 2.84. The van der Waals surface area contributed by atoms with Crippen molar-refractivity contribution in [3.05, 3.63) is 0 Å². The van der Waals surface area contributed by atoms with Gasteiger partial charge in [-0.05, 0) is 41.0 Å². The van der Waals surface area contributed by atoms with Crippen LogP contribution in [0.25, 0.3) is 0 Å². The summed E-state index contributed by atoms with van der Waals surface area (Å²) in [6.45, 7) is 9.94. The number of ether oxygens (including phenoxy) is 2. The maximum Gasteiger partial charge on any atom is 0.0569 e. The molecule has 224 valence electrons. The summed E-state index contributed by atoms with van der Waals surface area (Å²) >= 11 is 0. The van der Waals surface area contributed by atoms with Gasteiger partial charge in [-0.15, -0.1) is 0 Å². The number of rotatable bonds is 30. The Kier molecular flexibility index (Phi) is 27.3. The molecule has 0 aliphatic rings. The first kappa shape index (κ1) is 36.8. The molecule has 0 rings (SSSR count). The molecule has 0 radical (unpaired) electrons. The van der Waals surface area contributed by atoms with E-state index in [0.29, 0.717) is 0 Å². The summed E-state index contributed by atoms with van der Waals surface area (Å²) in [5.41, 5.74) is 0.0317. The quantitative estimate of drug-likeness (QED) is 0.0872. The van der Waals surface area contributed by atoms with Crippen LogP contribution < -0.4 is 0 Å². The first-order chi connectivity index (χ1) is 18.0. The Morgan fingerprint density at radius 2 is 0.676 bits per heavy atom. The molecular formula is C33H70N2O2. The van der Waals surface area contributed by atoms with Crippen molar-refractivity contribution in [1.82, 2.24) is 9.80 Å². The molecule has 0 heterocycles. The van der Waals surface area contributed by atoms with E-state index in [0.717, 1.165) is 39.5 Å². The first-order valence-corrected chi connectivity index (χ1v) is 16.4. The highest BCUT2D eigenvalue weighted by Crippen LogP contribution is 2.22. The summed E-state index contributed by atoms with van der Waals surface area (Å²) in [7, 11) is 8.70. The lowest BCUT2D eigenvalue weighted by atomic mass is 9.88. The SMILES string of the molecule is CCCCCCCCCCCCOCC(COCCCCCCCCCCCC)(CN(C)C)CN(C)C. The van der Waals surface area contributed by atoms with E-state index in [-0.39, 0.29) is 5.41 Å². The van der Waals surface area contributed by atoms with Crippen molar-refractivity contribution in [2.45, 2.75) is 142 Å². The molecule has 0 spiro atoms. The second kappa shape index (κ2) is 27.4. The highest BCUT2D eigenvalue weighted by atomic mass is 16.5. The number of unbranched alkanes of at least 4 members (excludes halogenated alkanes) is 18. The molecule has 0 atom stereocenters. The third kappa shape index (κ3) is 25.9. The van der Waals surface area contributed by atoms with Gasteiger partial charge in [-0.3, -0.25) is 0 Å². The van der Waals surface area contributed by atoms with E-state index in [1.165, 1.54) is 128 Å². The Bertz CT molecular complexity index is 402. The lowest BCUT2D eigenvalue weighted by molar-refractivity contribution is -0.0469. The van der Waals surface area contributed by atoms with Crippen molar-refractivity contribution in [2.75, 3.05) is 67.7 Å². The highest BCUT2D eigenvalue weighted by Gasteiger charge is 2.32. The van der Waals surface area contributed by atoms with Gasteiger partial charge in [0.2, 0.25) is 0 Å². The number of nitrogens with zero attached hydrogens (tertiary/aromatic N) is 2. The van der Waals surface area contributed by atoms with E-state index in [9.17, 15) is 0 Å². The fraction of sp³-hybridized carbons (Fsp3) is 1.00. The molecule has 0 aliphatic heterocycles. The minimum atomic E-state index is 0.0317. The van der Waals surface area contributed by atoms with E-state index >= 15 is 0 Å².